The summed E-state index contributed by atoms with van der Waals surface area (Å²) in [5, 5.41) is 0. The highest BCUT2D eigenvalue weighted by Gasteiger charge is 2.04. The lowest BCUT2D eigenvalue weighted by Gasteiger charge is -2.05. The number of ether oxygens (including phenoxy) is 1. The van der Waals surface area contributed by atoms with Crippen molar-refractivity contribution >= 4 is 9.84 Å². The fourth-order valence-corrected chi connectivity index (χ4v) is 1.36. The molecule has 1 aromatic rings. The smallest absolute Gasteiger partial charge is 0.150 e. The van der Waals surface area contributed by atoms with Crippen LogP contribution in [0.4, 0.5) is 4.39 Å². The molecule has 0 atom stereocenters. The van der Waals surface area contributed by atoms with Gasteiger partial charge in [0.15, 0.2) is 9.84 Å². The second-order valence-corrected chi connectivity index (χ2v) is 5.65. The zero-order chi connectivity index (χ0) is 11.5. The van der Waals surface area contributed by atoms with Gasteiger partial charge in [-0.1, -0.05) is 6.07 Å². The first-order chi connectivity index (χ1) is 6.88. The molecule has 0 saturated carbocycles. The molecular weight excluding hydrogens is 219 g/mol. The lowest BCUT2D eigenvalue weighted by atomic mass is 10.2. The SMILES string of the molecule is Cc1ccc(OCCS(C)(=O)=O)cc1F. The van der Waals surface area contributed by atoms with Gasteiger partial charge in [0.2, 0.25) is 0 Å². The van der Waals surface area contributed by atoms with Gasteiger partial charge in [0.05, 0.1) is 5.75 Å². The molecule has 1 aromatic carbocycles. The maximum Gasteiger partial charge on any atom is 0.150 e. The first kappa shape index (κ1) is 12.0. The Kier molecular flexibility index (Phi) is 3.68. The van der Waals surface area contributed by atoms with Crippen LogP contribution in [0.15, 0.2) is 18.2 Å². The van der Waals surface area contributed by atoms with Gasteiger partial charge in [-0.3, -0.25) is 0 Å². The average molecular weight is 232 g/mol. The van der Waals surface area contributed by atoms with E-state index >= 15 is 0 Å². The standard InChI is InChI=1S/C10H13FO3S/c1-8-3-4-9(7-10(8)11)14-5-6-15(2,12)13/h3-4,7H,5-6H2,1-2H3. The molecule has 0 aliphatic heterocycles. The van der Waals surface area contributed by atoms with Crippen molar-refractivity contribution in [2.75, 3.05) is 18.6 Å². The number of halogens is 1. The number of benzene rings is 1. The molecule has 0 aromatic heterocycles. The molecule has 5 heteroatoms. The summed E-state index contributed by atoms with van der Waals surface area (Å²) >= 11 is 0. The zero-order valence-corrected chi connectivity index (χ0v) is 9.47. The van der Waals surface area contributed by atoms with E-state index in [2.05, 4.69) is 0 Å². The van der Waals surface area contributed by atoms with E-state index < -0.39 is 9.84 Å². The Bertz CT molecular complexity index is 440. The Morgan fingerprint density at radius 3 is 2.60 bits per heavy atom. The van der Waals surface area contributed by atoms with E-state index in [0.717, 1.165) is 6.26 Å². The Hall–Kier alpha value is -1.10. The monoisotopic (exact) mass is 232 g/mol. The van der Waals surface area contributed by atoms with Crippen molar-refractivity contribution in [3.8, 4) is 5.75 Å². The van der Waals surface area contributed by atoms with Crippen LogP contribution in [0.5, 0.6) is 5.75 Å². The first-order valence-corrected chi connectivity index (χ1v) is 6.51. The topological polar surface area (TPSA) is 43.4 Å². The van der Waals surface area contributed by atoms with E-state index in [9.17, 15) is 12.8 Å². The molecule has 15 heavy (non-hydrogen) atoms. The average Bonchev–Trinajstić information content (AvgIpc) is 2.09. The van der Waals surface area contributed by atoms with Gasteiger partial charge in [0, 0.05) is 12.3 Å². The van der Waals surface area contributed by atoms with E-state index in [1.165, 1.54) is 6.07 Å². The Labute approximate surface area is 88.8 Å². The maximum absolute atomic E-state index is 13.0. The summed E-state index contributed by atoms with van der Waals surface area (Å²) in [6.45, 7) is 1.69. The fraction of sp³-hybridized carbons (Fsp3) is 0.400. The van der Waals surface area contributed by atoms with Crippen LogP contribution in [0.25, 0.3) is 0 Å². The molecule has 0 bridgehead atoms. The Morgan fingerprint density at radius 1 is 1.40 bits per heavy atom. The predicted molar refractivity (Wildman–Crippen MR) is 56.3 cm³/mol. The molecule has 0 amide bonds. The minimum absolute atomic E-state index is 0.0430. The molecule has 0 N–H and O–H groups in total. The normalized spacial score (nSPS) is 11.4. The predicted octanol–water partition coefficient (Wildman–Crippen LogP) is 1.56. The highest BCUT2D eigenvalue weighted by molar-refractivity contribution is 7.90. The largest absolute Gasteiger partial charge is 0.492 e. The third-order valence-electron chi connectivity index (χ3n) is 1.87. The van der Waals surface area contributed by atoms with Crippen molar-refractivity contribution in [3.05, 3.63) is 29.6 Å². The van der Waals surface area contributed by atoms with Gasteiger partial charge in [-0.2, -0.15) is 0 Å². The van der Waals surface area contributed by atoms with Crippen LogP contribution in [0.1, 0.15) is 5.56 Å². The Balaban J connectivity index is 2.55. The van der Waals surface area contributed by atoms with Crippen LogP contribution >= 0.6 is 0 Å². The summed E-state index contributed by atoms with van der Waals surface area (Å²) in [6, 6.07) is 4.45. The molecule has 1 rings (SSSR count). The molecule has 3 nitrogen and oxygen atoms in total. The molecule has 0 unspecified atom stereocenters. The van der Waals surface area contributed by atoms with Crippen molar-refractivity contribution in [2.45, 2.75) is 6.92 Å². The fourth-order valence-electron chi connectivity index (χ4n) is 0.974. The van der Waals surface area contributed by atoms with E-state index in [-0.39, 0.29) is 18.2 Å². The third-order valence-corrected chi connectivity index (χ3v) is 2.77. The molecule has 0 aliphatic rings. The number of aryl methyl sites for hydroxylation is 1. The minimum atomic E-state index is -3.03. The molecular formula is C10H13FO3S. The van der Waals surface area contributed by atoms with Crippen molar-refractivity contribution in [1.82, 2.24) is 0 Å². The van der Waals surface area contributed by atoms with Gasteiger partial charge in [-0.15, -0.1) is 0 Å². The molecule has 0 aliphatic carbocycles. The third kappa shape index (κ3) is 4.29. The maximum atomic E-state index is 13.0. The summed E-state index contributed by atoms with van der Waals surface area (Å²) in [5.74, 6) is -0.0729. The summed E-state index contributed by atoms with van der Waals surface area (Å²) in [6.07, 6.45) is 1.13. The molecule has 0 radical (unpaired) electrons. The minimum Gasteiger partial charge on any atom is -0.492 e. The highest BCUT2D eigenvalue weighted by Crippen LogP contribution is 2.15. The second kappa shape index (κ2) is 4.61. The van der Waals surface area contributed by atoms with Gasteiger partial charge in [0.25, 0.3) is 0 Å². The van der Waals surface area contributed by atoms with Crippen LogP contribution in [0, 0.1) is 12.7 Å². The van der Waals surface area contributed by atoms with Gasteiger partial charge in [0.1, 0.15) is 18.2 Å². The molecule has 0 fully saturated rings. The molecule has 0 saturated heterocycles. The number of hydrogen-bond donors (Lipinski definition) is 0. The number of sulfone groups is 1. The van der Waals surface area contributed by atoms with Crippen LogP contribution < -0.4 is 4.74 Å². The lowest BCUT2D eigenvalue weighted by molar-refractivity contribution is 0.339. The van der Waals surface area contributed by atoms with Gasteiger partial charge in [-0.25, -0.2) is 12.8 Å². The summed E-state index contributed by atoms with van der Waals surface area (Å²) in [7, 11) is -3.03. The van der Waals surface area contributed by atoms with E-state index in [1.54, 1.807) is 19.1 Å². The van der Waals surface area contributed by atoms with Gasteiger partial charge < -0.3 is 4.74 Å². The summed E-state index contributed by atoms with van der Waals surface area (Å²) < 4.78 is 39.7. The second-order valence-electron chi connectivity index (χ2n) is 3.39. The quantitative estimate of drug-likeness (QED) is 0.791. The highest BCUT2D eigenvalue weighted by atomic mass is 32.2. The molecule has 0 heterocycles. The van der Waals surface area contributed by atoms with Crippen molar-refractivity contribution in [1.29, 1.82) is 0 Å². The summed E-state index contributed by atoms with van der Waals surface area (Å²) in [5.41, 5.74) is 0.533. The first-order valence-electron chi connectivity index (χ1n) is 4.45. The van der Waals surface area contributed by atoms with E-state index in [1.807, 2.05) is 0 Å². The van der Waals surface area contributed by atoms with Gasteiger partial charge in [-0.05, 0) is 18.6 Å². The van der Waals surface area contributed by atoms with E-state index in [4.69, 9.17) is 4.74 Å². The van der Waals surface area contributed by atoms with Crippen molar-refractivity contribution < 1.29 is 17.5 Å². The van der Waals surface area contributed by atoms with Crippen molar-refractivity contribution in [3.63, 3.8) is 0 Å². The van der Waals surface area contributed by atoms with Gasteiger partial charge >= 0.3 is 0 Å². The Morgan fingerprint density at radius 2 is 2.07 bits per heavy atom. The molecule has 84 valence electrons. The number of rotatable bonds is 4. The van der Waals surface area contributed by atoms with Crippen LogP contribution in [0.2, 0.25) is 0 Å². The van der Waals surface area contributed by atoms with Crippen LogP contribution in [-0.2, 0) is 9.84 Å². The van der Waals surface area contributed by atoms with Crippen LogP contribution in [-0.4, -0.2) is 27.0 Å². The molecule has 0 spiro atoms. The lowest BCUT2D eigenvalue weighted by Crippen LogP contribution is -2.12. The number of hydrogen-bond acceptors (Lipinski definition) is 3. The van der Waals surface area contributed by atoms with Crippen molar-refractivity contribution in [2.24, 2.45) is 0 Å². The summed E-state index contributed by atoms with van der Waals surface area (Å²) in [4.78, 5) is 0. The zero-order valence-electron chi connectivity index (χ0n) is 8.66. The van der Waals surface area contributed by atoms with Crippen LogP contribution in [0.3, 0.4) is 0 Å². The van der Waals surface area contributed by atoms with E-state index in [0.29, 0.717) is 11.3 Å².